The van der Waals surface area contributed by atoms with Gasteiger partial charge in [0, 0.05) is 22.5 Å². The Morgan fingerprint density at radius 2 is 2.25 bits per heavy atom. The second-order valence-corrected chi connectivity index (χ2v) is 7.66. The number of rotatable bonds is 2. The minimum absolute atomic E-state index is 0.122. The van der Waals surface area contributed by atoms with Crippen LogP contribution in [0.5, 0.6) is 5.75 Å². The van der Waals surface area contributed by atoms with Crippen LogP contribution in [-0.2, 0) is 0 Å². The molecular formula is C17H22BrNO. The van der Waals surface area contributed by atoms with Gasteiger partial charge in [-0.1, -0.05) is 22.9 Å². The van der Waals surface area contributed by atoms with E-state index >= 15 is 0 Å². The third kappa shape index (κ3) is 1.93. The molecule has 2 bridgehead atoms. The first-order valence-corrected chi connectivity index (χ1v) is 8.71. The molecular weight excluding hydrogens is 314 g/mol. The van der Waals surface area contributed by atoms with Gasteiger partial charge in [0.2, 0.25) is 0 Å². The summed E-state index contributed by atoms with van der Waals surface area (Å²) in [4.78, 5) is 0. The number of halogens is 1. The Balaban J connectivity index is 1.72. The van der Waals surface area contributed by atoms with Crippen molar-refractivity contribution in [3.05, 3.63) is 28.2 Å². The van der Waals surface area contributed by atoms with Crippen molar-refractivity contribution in [3.8, 4) is 5.75 Å². The van der Waals surface area contributed by atoms with E-state index in [9.17, 15) is 0 Å². The number of hydrogen-bond acceptors (Lipinski definition) is 2. The van der Waals surface area contributed by atoms with Crippen molar-refractivity contribution in [2.75, 3.05) is 6.54 Å². The average molecular weight is 336 g/mol. The van der Waals surface area contributed by atoms with Crippen LogP contribution in [0.2, 0.25) is 0 Å². The van der Waals surface area contributed by atoms with E-state index in [1.54, 1.807) is 0 Å². The molecule has 0 radical (unpaired) electrons. The number of hydrogen-bond donors (Lipinski definition) is 1. The molecule has 1 N–H and O–H groups in total. The highest BCUT2D eigenvalue weighted by atomic mass is 79.9. The topological polar surface area (TPSA) is 21.3 Å². The fourth-order valence-electron chi connectivity index (χ4n) is 4.80. The molecule has 1 aromatic carbocycles. The summed E-state index contributed by atoms with van der Waals surface area (Å²) in [5, 5.41) is 3.68. The molecule has 2 nitrogen and oxygen atoms in total. The molecule has 1 heterocycles. The van der Waals surface area contributed by atoms with Crippen molar-refractivity contribution in [2.24, 2.45) is 11.8 Å². The van der Waals surface area contributed by atoms with Gasteiger partial charge in [0.05, 0.1) is 0 Å². The Kier molecular flexibility index (Phi) is 3.11. The molecule has 1 spiro atoms. The van der Waals surface area contributed by atoms with Crippen LogP contribution < -0.4 is 10.1 Å². The minimum Gasteiger partial charge on any atom is -0.487 e. The minimum atomic E-state index is 0.122. The normalized spacial score (nSPS) is 38.0. The summed E-state index contributed by atoms with van der Waals surface area (Å²) in [6.45, 7) is 3.21. The maximum Gasteiger partial charge on any atom is 0.125 e. The van der Waals surface area contributed by atoms with Crippen molar-refractivity contribution in [1.82, 2.24) is 5.32 Å². The van der Waals surface area contributed by atoms with E-state index in [0.29, 0.717) is 6.04 Å². The highest BCUT2D eigenvalue weighted by molar-refractivity contribution is 9.10. The molecule has 1 aliphatic heterocycles. The van der Waals surface area contributed by atoms with Crippen molar-refractivity contribution in [3.63, 3.8) is 0 Å². The lowest BCUT2D eigenvalue weighted by Gasteiger charge is -2.45. The van der Waals surface area contributed by atoms with Gasteiger partial charge in [-0.05, 0) is 62.3 Å². The largest absolute Gasteiger partial charge is 0.487 e. The van der Waals surface area contributed by atoms with Gasteiger partial charge < -0.3 is 10.1 Å². The van der Waals surface area contributed by atoms with Gasteiger partial charge in [0.15, 0.2) is 0 Å². The first-order chi connectivity index (χ1) is 9.70. The molecule has 3 heteroatoms. The summed E-state index contributed by atoms with van der Waals surface area (Å²) in [5.41, 5.74) is 1.45. The third-order valence-electron chi connectivity index (χ3n) is 5.58. The van der Waals surface area contributed by atoms with Gasteiger partial charge in [-0.25, -0.2) is 0 Å². The second kappa shape index (κ2) is 4.74. The highest BCUT2D eigenvalue weighted by Gasteiger charge is 2.55. The summed E-state index contributed by atoms with van der Waals surface area (Å²) in [6, 6.07) is 6.92. The van der Waals surface area contributed by atoms with Gasteiger partial charge in [0.25, 0.3) is 0 Å². The van der Waals surface area contributed by atoms with Crippen LogP contribution in [0.3, 0.4) is 0 Å². The first-order valence-electron chi connectivity index (χ1n) is 7.92. The fourth-order valence-corrected chi connectivity index (χ4v) is 5.18. The lowest BCUT2D eigenvalue weighted by molar-refractivity contribution is -0.0182. The van der Waals surface area contributed by atoms with Crippen LogP contribution >= 0.6 is 15.9 Å². The molecule has 3 aliphatic rings. The van der Waals surface area contributed by atoms with Gasteiger partial charge in [-0.3, -0.25) is 0 Å². The molecule has 2 saturated carbocycles. The van der Waals surface area contributed by atoms with E-state index in [2.05, 4.69) is 46.4 Å². The summed E-state index contributed by atoms with van der Waals surface area (Å²) < 4.78 is 7.73. The van der Waals surface area contributed by atoms with Gasteiger partial charge in [0.1, 0.15) is 11.4 Å². The maximum atomic E-state index is 6.59. The Morgan fingerprint density at radius 3 is 2.95 bits per heavy atom. The fraction of sp³-hybridized carbons (Fsp3) is 0.647. The quantitative estimate of drug-likeness (QED) is 0.862. The van der Waals surface area contributed by atoms with E-state index < -0.39 is 0 Å². The average Bonchev–Trinajstić information content (AvgIpc) is 3.01. The molecule has 0 aromatic heterocycles. The molecule has 0 amide bonds. The van der Waals surface area contributed by atoms with Crippen LogP contribution in [0.4, 0.5) is 0 Å². The first kappa shape index (κ1) is 13.1. The molecule has 1 aromatic rings. The Labute approximate surface area is 129 Å². The van der Waals surface area contributed by atoms with E-state index in [0.717, 1.165) is 35.0 Å². The van der Waals surface area contributed by atoms with Crippen molar-refractivity contribution in [2.45, 2.75) is 50.7 Å². The summed E-state index contributed by atoms with van der Waals surface area (Å²) in [7, 11) is 0. The monoisotopic (exact) mass is 335 g/mol. The van der Waals surface area contributed by atoms with Crippen LogP contribution in [0.15, 0.2) is 22.7 Å². The molecule has 0 saturated heterocycles. The SMILES string of the molecule is CCNC1CC2(CC3CCC2C3)Oc2ccc(Br)cc21. The molecule has 108 valence electrons. The zero-order valence-electron chi connectivity index (χ0n) is 12.0. The van der Waals surface area contributed by atoms with E-state index in [1.807, 2.05) is 0 Å². The number of benzene rings is 1. The predicted molar refractivity (Wildman–Crippen MR) is 84.0 cm³/mol. The maximum absolute atomic E-state index is 6.59. The Bertz CT molecular complexity index is 532. The van der Waals surface area contributed by atoms with Crippen LogP contribution in [-0.4, -0.2) is 12.1 Å². The molecule has 2 fully saturated rings. The zero-order valence-corrected chi connectivity index (χ0v) is 13.6. The summed E-state index contributed by atoms with van der Waals surface area (Å²) in [5.74, 6) is 2.81. The van der Waals surface area contributed by atoms with Gasteiger partial charge in [-0.2, -0.15) is 0 Å². The van der Waals surface area contributed by atoms with Gasteiger partial charge >= 0.3 is 0 Å². The molecule has 20 heavy (non-hydrogen) atoms. The van der Waals surface area contributed by atoms with Crippen LogP contribution in [0, 0.1) is 11.8 Å². The lowest BCUT2D eigenvalue weighted by atomic mass is 9.76. The van der Waals surface area contributed by atoms with E-state index in [1.165, 1.54) is 31.2 Å². The third-order valence-corrected chi connectivity index (χ3v) is 6.07. The van der Waals surface area contributed by atoms with E-state index in [4.69, 9.17) is 4.74 Å². The molecule has 4 atom stereocenters. The molecule has 2 aliphatic carbocycles. The smallest absolute Gasteiger partial charge is 0.125 e. The van der Waals surface area contributed by atoms with Crippen LogP contribution in [0.1, 0.15) is 50.6 Å². The predicted octanol–water partition coefficient (Wildman–Crippen LogP) is 4.44. The van der Waals surface area contributed by atoms with Gasteiger partial charge in [-0.15, -0.1) is 0 Å². The second-order valence-electron chi connectivity index (χ2n) is 6.74. The summed E-state index contributed by atoms with van der Waals surface area (Å²) in [6.07, 6.45) is 6.61. The van der Waals surface area contributed by atoms with Crippen molar-refractivity contribution < 1.29 is 4.74 Å². The standard InChI is InChI=1S/C17H22BrNO/c1-2-19-15-10-17(9-11-3-4-12(17)7-11)20-16-6-5-13(18)8-14(15)16/h5-6,8,11-12,15,19H,2-4,7,9-10H2,1H3. The molecule has 4 unspecified atom stereocenters. The van der Waals surface area contributed by atoms with E-state index in [-0.39, 0.29) is 5.60 Å². The number of nitrogens with one attached hydrogen (secondary N) is 1. The number of ether oxygens (including phenoxy) is 1. The lowest BCUT2D eigenvalue weighted by Crippen LogP contribution is -2.47. The summed E-state index contributed by atoms with van der Waals surface area (Å²) >= 11 is 3.59. The Hall–Kier alpha value is -0.540. The van der Waals surface area contributed by atoms with Crippen molar-refractivity contribution in [1.29, 1.82) is 0 Å². The van der Waals surface area contributed by atoms with Crippen molar-refractivity contribution >= 4 is 15.9 Å². The molecule has 4 rings (SSSR count). The van der Waals surface area contributed by atoms with Crippen LogP contribution in [0.25, 0.3) is 0 Å². The Morgan fingerprint density at radius 1 is 1.35 bits per heavy atom. The number of fused-ring (bicyclic) bond motifs is 4. The zero-order chi connectivity index (χ0) is 13.7. The highest BCUT2D eigenvalue weighted by Crippen LogP contribution is 2.58.